The Morgan fingerprint density at radius 3 is 2.39 bits per heavy atom. The van der Waals surface area contributed by atoms with Gasteiger partial charge in [0.15, 0.2) is 0 Å². The minimum atomic E-state index is -0.673. The van der Waals surface area contributed by atoms with E-state index >= 15 is 0 Å². The Morgan fingerprint density at radius 2 is 1.78 bits per heavy atom. The smallest absolute Gasteiger partial charge is 0.308 e. The number of aromatic nitrogens is 2. The summed E-state index contributed by atoms with van der Waals surface area (Å²) in [4.78, 5) is 38.1. The lowest BCUT2D eigenvalue weighted by molar-refractivity contribution is 0.102. The number of anilines is 1. The number of hydrogen-bond acceptors (Lipinski definition) is 3. The predicted molar refractivity (Wildman–Crippen MR) is 69.8 cm³/mol. The van der Waals surface area contributed by atoms with Crippen molar-refractivity contribution in [3.05, 3.63) is 61.2 Å². The van der Waals surface area contributed by atoms with Gasteiger partial charge in [0.2, 0.25) is 0 Å². The van der Waals surface area contributed by atoms with E-state index in [0.29, 0.717) is 5.56 Å². The van der Waals surface area contributed by atoms with E-state index in [4.69, 9.17) is 0 Å². The van der Waals surface area contributed by atoms with Gasteiger partial charge in [-0.25, -0.2) is 4.79 Å². The van der Waals surface area contributed by atoms with E-state index in [0.717, 1.165) is 10.5 Å². The Morgan fingerprint density at radius 1 is 1.11 bits per heavy atom. The van der Waals surface area contributed by atoms with Crippen molar-refractivity contribution < 1.29 is 4.79 Å². The van der Waals surface area contributed by atoms with Gasteiger partial charge >= 0.3 is 5.69 Å². The van der Waals surface area contributed by atoms with Crippen molar-refractivity contribution in [1.82, 2.24) is 9.97 Å². The SMILES string of the molecule is O=C(Nc1cc(=O)[nH]c(=O)[nH]1)c1ccc(Br)cc1. The monoisotopic (exact) mass is 309 g/mol. The maximum Gasteiger partial charge on any atom is 0.327 e. The Kier molecular flexibility index (Phi) is 3.42. The van der Waals surface area contributed by atoms with Crippen LogP contribution in [0.2, 0.25) is 0 Å². The summed E-state index contributed by atoms with van der Waals surface area (Å²) in [5, 5.41) is 2.43. The molecular formula is C11H8BrN3O3. The predicted octanol–water partition coefficient (Wildman–Crippen LogP) is 1.08. The number of benzene rings is 1. The molecule has 7 heteroatoms. The van der Waals surface area contributed by atoms with Crippen LogP contribution in [0.5, 0.6) is 0 Å². The van der Waals surface area contributed by atoms with Gasteiger partial charge in [-0.15, -0.1) is 0 Å². The number of carbonyl (C=O) groups excluding carboxylic acids is 1. The van der Waals surface area contributed by atoms with Gasteiger partial charge in [0.1, 0.15) is 5.82 Å². The first kappa shape index (κ1) is 12.3. The Balaban J connectivity index is 2.23. The van der Waals surface area contributed by atoms with Crippen LogP contribution in [0.15, 0.2) is 44.4 Å². The minimum Gasteiger partial charge on any atom is -0.308 e. The van der Waals surface area contributed by atoms with Gasteiger partial charge in [0, 0.05) is 16.1 Å². The molecule has 2 rings (SSSR count). The topological polar surface area (TPSA) is 94.8 Å². The molecule has 0 aliphatic carbocycles. The normalized spacial score (nSPS) is 10.1. The lowest BCUT2D eigenvalue weighted by atomic mass is 10.2. The molecule has 2 aromatic rings. The molecule has 0 unspecified atom stereocenters. The van der Waals surface area contributed by atoms with Crippen molar-refractivity contribution >= 4 is 27.7 Å². The van der Waals surface area contributed by atoms with E-state index in [2.05, 4.69) is 26.2 Å². The van der Waals surface area contributed by atoms with Crippen LogP contribution in [0.4, 0.5) is 5.82 Å². The highest BCUT2D eigenvalue weighted by atomic mass is 79.9. The zero-order chi connectivity index (χ0) is 13.1. The molecule has 0 aliphatic heterocycles. The van der Waals surface area contributed by atoms with Crippen molar-refractivity contribution in [2.75, 3.05) is 5.32 Å². The molecule has 1 heterocycles. The molecule has 18 heavy (non-hydrogen) atoms. The summed E-state index contributed by atoms with van der Waals surface area (Å²) in [5.41, 5.74) is -0.835. The van der Waals surface area contributed by atoms with E-state index < -0.39 is 17.2 Å². The third kappa shape index (κ3) is 2.95. The Hall–Kier alpha value is -2.15. The number of amides is 1. The zero-order valence-electron chi connectivity index (χ0n) is 8.99. The minimum absolute atomic E-state index is 0.0525. The maximum atomic E-state index is 11.8. The van der Waals surface area contributed by atoms with Gasteiger partial charge in [0.25, 0.3) is 11.5 Å². The number of aromatic amines is 2. The van der Waals surface area contributed by atoms with Gasteiger partial charge in [-0.2, -0.15) is 0 Å². The summed E-state index contributed by atoms with van der Waals surface area (Å²) in [7, 11) is 0. The molecule has 0 bridgehead atoms. The summed E-state index contributed by atoms with van der Waals surface area (Å²) in [5.74, 6) is -0.361. The molecule has 3 N–H and O–H groups in total. The molecule has 0 spiro atoms. The van der Waals surface area contributed by atoms with Crippen LogP contribution < -0.4 is 16.6 Å². The molecule has 92 valence electrons. The molecule has 1 aromatic heterocycles. The van der Waals surface area contributed by atoms with E-state index in [9.17, 15) is 14.4 Å². The molecule has 0 aliphatic rings. The summed E-state index contributed by atoms with van der Waals surface area (Å²) in [6, 6.07) is 7.76. The highest BCUT2D eigenvalue weighted by Gasteiger charge is 2.06. The van der Waals surface area contributed by atoms with Crippen LogP contribution in [0.3, 0.4) is 0 Å². The Bertz CT molecular complexity index is 659. The molecule has 0 atom stereocenters. The van der Waals surface area contributed by atoms with Crippen molar-refractivity contribution in [3.8, 4) is 0 Å². The van der Waals surface area contributed by atoms with Crippen LogP contribution in [0.1, 0.15) is 10.4 Å². The lowest BCUT2D eigenvalue weighted by Crippen LogP contribution is -2.24. The number of carbonyl (C=O) groups is 1. The van der Waals surface area contributed by atoms with Crippen molar-refractivity contribution in [2.45, 2.75) is 0 Å². The van der Waals surface area contributed by atoms with Crippen LogP contribution in [-0.4, -0.2) is 15.9 Å². The zero-order valence-corrected chi connectivity index (χ0v) is 10.6. The highest BCUT2D eigenvalue weighted by molar-refractivity contribution is 9.10. The molecule has 1 aromatic carbocycles. The van der Waals surface area contributed by atoms with Gasteiger partial charge in [-0.3, -0.25) is 19.6 Å². The average molecular weight is 310 g/mol. The molecule has 0 saturated heterocycles. The standard InChI is InChI=1S/C11H8BrN3O3/c12-7-3-1-6(2-4-7)10(17)13-8-5-9(16)15-11(18)14-8/h1-5H,(H3,13,14,15,16,17,18). The third-order valence-corrected chi connectivity index (χ3v) is 2.64. The van der Waals surface area contributed by atoms with Crippen molar-refractivity contribution in [2.24, 2.45) is 0 Å². The molecule has 0 saturated carbocycles. The first-order valence-electron chi connectivity index (χ1n) is 4.95. The van der Waals surface area contributed by atoms with E-state index in [1.54, 1.807) is 24.3 Å². The van der Waals surface area contributed by atoms with Gasteiger partial charge in [-0.05, 0) is 24.3 Å². The number of hydrogen-bond donors (Lipinski definition) is 3. The summed E-state index contributed by atoms with van der Waals surface area (Å²) < 4.78 is 0.851. The van der Waals surface area contributed by atoms with E-state index in [1.807, 2.05) is 4.98 Å². The van der Waals surface area contributed by atoms with Gasteiger partial charge in [0.05, 0.1) is 0 Å². The van der Waals surface area contributed by atoms with E-state index in [-0.39, 0.29) is 5.82 Å². The second kappa shape index (κ2) is 5.01. The fourth-order valence-electron chi connectivity index (χ4n) is 1.33. The fraction of sp³-hybridized carbons (Fsp3) is 0. The highest BCUT2D eigenvalue weighted by Crippen LogP contribution is 2.11. The van der Waals surface area contributed by atoms with Gasteiger partial charge < -0.3 is 5.32 Å². The summed E-state index contributed by atoms with van der Waals surface area (Å²) in [6.45, 7) is 0. The van der Waals surface area contributed by atoms with Crippen LogP contribution in [0.25, 0.3) is 0 Å². The fourth-order valence-corrected chi connectivity index (χ4v) is 1.60. The van der Waals surface area contributed by atoms with Crippen LogP contribution >= 0.6 is 15.9 Å². The number of nitrogens with one attached hydrogen (secondary N) is 3. The van der Waals surface area contributed by atoms with E-state index in [1.165, 1.54) is 0 Å². The van der Waals surface area contributed by atoms with Crippen LogP contribution in [0, 0.1) is 0 Å². The first-order valence-corrected chi connectivity index (χ1v) is 5.74. The second-order valence-electron chi connectivity index (χ2n) is 3.46. The average Bonchev–Trinajstić information content (AvgIpc) is 2.28. The molecule has 1 amide bonds. The third-order valence-electron chi connectivity index (χ3n) is 2.11. The quantitative estimate of drug-likeness (QED) is 0.774. The number of H-pyrrole nitrogens is 2. The summed E-state index contributed by atoms with van der Waals surface area (Å²) >= 11 is 3.26. The van der Waals surface area contributed by atoms with Gasteiger partial charge in [-0.1, -0.05) is 15.9 Å². The molecule has 0 fully saturated rings. The maximum absolute atomic E-state index is 11.8. The lowest BCUT2D eigenvalue weighted by Gasteiger charge is -2.04. The van der Waals surface area contributed by atoms with Crippen molar-refractivity contribution in [1.29, 1.82) is 0 Å². The molecular weight excluding hydrogens is 302 g/mol. The number of halogens is 1. The Labute approximate surface area is 109 Å². The second-order valence-corrected chi connectivity index (χ2v) is 4.38. The molecule has 0 radical (unpaired) electrons. The molecule has 6 nitrogen and oxygen atoms in total. The first-order chi connectivity index (χ1) is 8.54. The summed E-state index contributed by atoms with van der Waals surface area (Å²) in [6.07, 6.45) is 0. The van der Waals surface area contributed by atoms with Crippen LogP contribution in [-0.2, 0) is 0 Å². The largest absolute Gasteiger partial charge is 0.327 e. The van der Waals surface area contributed by atoms with Crippen molar-refractivity contribution in [3.63, 3.8) is 0 Å². The number of rotatable bonds is 2.